The summed E-state index contributed by atoms with van der Waals surface area (Å²) < 4.78 is 16.5. The molecule has 27 heavy (non-hydrogen) atoms. The first kappa shape index (κ1) is 17.6. The molecule has 9 nitrogen and oxygen atoms in total. The van der Waals surface area contributed by atoms with Crippen molar-refractivity contribution in [2.24, 2.45) is 0 Å². The van der Waals surface area contributed by atoms with Gasteiger partial charge in [-0.1, -0.05) is 0 Å². The third-order valence-corrected chi connectivity index (χ3v) is 5.29. The van der Waals surface area contributed by atoms with E-state index < -0.39 is 0 Å². The van der Waals surface area contributed by atoms with Gasteiger partial charge in [-0.2, -0.15) is 4.98 Å². The van der Waals surface area contributed by atoms with Crippen LogP contribution in [-0.2, 0) is 9.53 Å². The topological polar surface area (TPSA) is 112 Å². The van der Waals surface area contributed by atoms with E-state index in [4.69, 9.17) is 19.9 Å². The molecule has 2 aliphatic heterocycles. The maximum absolute atomic E-state index is 11.3. The normalized spacial score (nSPS) is 19.2. The summed E-state index contributed by atoms with van der Waals surface area (Å²) in [6.45, 7) is 2.14. The fourth-order valence-corrected chi connectivity index (χ4v) is 3.62. The maximum atomic E-state index is 11.3. The summed E-state index contributed by atoms with van der Waals surface area (Å²) in [5, 5.41) is 3.62. The Morgan fingerprint density at radius 2 is 1.89 bits per heavy atom. The first-order valence-electron chi connectivity index (χ1n) is 8.88. The fourth-order valence-electron chi connectivity index (χ4n) is 3.62. The number of ether oxygens (including phenoxy) is 3. The molecule has 0 saturated carbocycles. The Labute approximate surface area is 156 Å². The van der Waals surface area contributed by atoms with Gasteiger partial charge in [-0.15, -0.1) is 0 Å². The largest absolute Gasteiger partial charge is 0.493 e. The second-order valence-electron chi connectivity index (χ2n) is 6.87. The molecule has 0 bridgehead atoms. The molecule has 144 valence electrons. The number of carbonyl (C=O) groups is 1. The van der Waals surface area contributed by atoms with Crippen molar-refractivity contribution in [1.29, 1.82) is 0 Å². The van der Waals surface area contributed by atoms with Gasteiger partial charge >= 0.3 is 0 Å². The molecule has 2 aliphatic rings. The van der Waals surface area contributed by atoms with Crippen molar-refractivity contribution in [3.05, 3.63) is 12.1 Å². The van der Waals surface area contributed by atoms with Crippen molar-refractivity contribution in [2.45, 2.75) is 18.4 Å². The van der Waals surface area contributed by atoms with Gasteiger partial charge in [0.2, 0.25) is 11.9 Å². The van der Waals surface area contributed by atoms with Crippen molar-refractivity contribution in [3.8, 4) is 11.5 Å². The van der Waals surface area contributed by atoms with Crippen molar-refractivity contribution in [1.82, 2.24) is 15.3 Å². The number of hydrogen-bond acceptors (Lipinski definition) is 8. The van der Waals surface area contributed by atoms with Gasteiger partial charge in [0.25, 0.3) is 0 Å². The van der Waals surface area contributed by atoms with Crippen LogP contribution in [0.1, 0.15) is 12.8 Å². The minimum absolute atomic E-state index is 0.0573. The van der Waals surface area contributed by atoms with E-state index in [2.05, 4.69) is 20.2 Å². The van der Waals surface area contributed by atoms with E-state index in [0.717, 1.165) is 31.3 Å². The summed E-state index contributed by atoms with van der Waals surface area (Å²) in [6.07, 6.45) is 1.58. The molecule has 2 saturated heterocycles. The van der Waals surface area contributed by atoms with Crippen molar-refractivity contribution in [3.63, 3.8) is 0 Å². The third-order valence-electron chi connectivity index (χ3n) is 5.29. The number of hydrogen-bond donors (Lipinski definition) is 2. The quantitative estimate of drug-likeness (QED) is 0.809. The number of anilines is 2. The summed E-state index contributed by atoms with van der Waals surface area (Å²) in [4.78, 5) is 22.6. The Hall–Kier alpha value is -2.81. The molecular formula is C18H23N5O4. The monoisotopic (exact) mass is 373 g/mol. The number of nitrogens with zero attached hydrogens (tertiary/aromatic N) is 3. The smallest absolute Gasteiger partial charge is 0.246 e. The van der Waals surface area contributed by atoms with Gasteiger partial charge in [0.15, 0.2) is 11.5 Å². The standard InChI is InChI=1S/C18H23N5O4/c1-25-13-7-11-12(8-14(13)26-2)21-17(22-16(11)19)23-5-3-18(4-6-23)10-20-15(24)9-27-18/h7-8H,3-6,9-10H2,1-2H3,(H,20,24)(H2,19,21,22). The fraction of sp³-hybridized carbons (Fsp3) is 0.500. The summed E-state index contributed by atoms with van der Waals surface area (Å²) in [5.74, 6) is 2.11. The highest BCUT2D eigenvalue weighted by Gasteiger charge is 2.39. The lowest BCUT2D eigenvalue weighted by Crippen LogP contribution is -2.57. The Kier molecular flexibility index (Phi) is 4.39. The van der Waals surface area contributed by atoms with Gasteiger partial charge in [-0.3, -0.25) is 4.79 Å². The number of nitrogens with one attached hydrogen (secondary N) is 1. The minimum Gasteiger partial charge on any atom is -0.493 e. The highest BCUT2D eigenvalue weighted by atomic mass is 16.5. The first-order chi connectivity index (χ1) is 13.0. The van der Waals surface area contributed by atoms with E-state index in [1.54, 1.807) is 26.4 Å². The molecule has 0 unspecified atom stereocenters. The molecule has 1 amide bonds. The average Bonchev–Trinajstić information content (AvgIpc) is 2.70. The van der Waals surface area contributed by atoms with Crippen LogP contribution in [0.15, 0.2) is 12.1 Å². The molecule has 1 aromatic heterocycles. The molecule has 1 aromatic carbocycles. The zero-order chi connectivity index (χ0) is 19.0. The zero-order valence-corrected chi connectivity index (χ0v) is 15.4. The number of carbonyl (C=O) groups excluding carboxylic acids is 1. The number of nitrogens with two attached hydrogens (primary N) is 1. The number of fused-ring (bicyclic) bond motifs is 1. The van der Waals surface area contributed by atoms with Crippen LogP contribution in [0.5, 0.6) is 11.5 Å². The molecule has 3 heterocycles. The Bertz CT molecular complexity index is 868. The predicted octanol–water partition coefficient (Wildman–Crippen LogP) is 0.715. The van der Waals surface area contributed by atoms with Crippen molar-refractivity contribution in [2.75, 3.05) is 51.1 Å². The number of aromatic nitrogens is 2. The average molecular weight is 373 g/mol. The van der Waals surface area contributed by atoms with Gasteiger partial charge in [-0.25, -0.2) is 4.98 Å². The summed E-state index contributed by atoms with van der Waals surface area (Å²) in [5.41, 5.74) is 6.60. The van der Waals surface area contributed by atoms with E-state index in [9.17, 15) is 4.79 Å². The van der Waals surface area contributed by atoms with Crippen LogP contribution in [0.25, 0.3) is 10.9 Å². The number of methoxy groups -OCH3 is 2. The first-order valence-corrected chi connectivity index (χ1v) is 8.88. The number of morpholine rings is 1. The minimum atomic E-state index is -0.288. The number of piperidine rings is 1. The lowest BCUT2D eigenvalue weighted by molar-refractivity contribution is -0.146. The lowest BCUT2D eigenvalue weighted by atomic mass is 9.90. The molecule has 4 rings (SSSR count). The Balaban J connectivity index is 1.58. The molecule has 1 spiro atoms. The molecule has 0 atom stereocenters. The van der Waals surface area contributed by atoms with Crippen LogP contribution in [-0.4, -0.2) is 61.9 Å². The lowest BCUT2D eigenvalue weighted by Gasteiger charge is -2.43. The molecule has 0 aliphatic carbocycles. The highest BCUT2D eigenvalue weighted by molar-refractivity contribution is 5.91. The SMILES string of the molecule is COc1cc2nc(N3CCC4(CC3)CNC(=O)CO4)nc(N)c2cc1OC. The van der Waals surface area contributed by atoms with Crippen LogP contribution >= 0.6 is 0 Å². The van der Waals surface area contributed by atoms with Gasteiger partial charge in [-0.05, 0) is 18.9 Å². The van der Waals surface area contributed by atoms with Crippen LogP contribution in [0, 0.1) is 0 Å². The van der Waals surface area contributed by atoms with Crippen molar-refractivity contribution < 1.29 is 19.0 Å². The number of amides is 1. The molecular weight excluding hydrogens is 350 g/mol. The van der Waals surface area contributed by atoms with Crippen LogP contribution in [0.4, 0.5) is 11.8 Å². The molecule has 0 radical (unpaired) electrons. The van der Waals surface area contributed by atoms with Gasteiger partial charge in [0.1, 0.15) is 12.4 Å². The van der Waals surface area contributed by atoms with E-state index in [0.29, 0.717) is 35.3 Å². The molecule has 2 aromatic rings. The van der Waals surface area contributed by atoms with Crippen LogP contribution in [0.3, 0.4) is 0 Å². The van der Waals surface area contributed by atoms with E-state index in [-0.39, 0.29) is 18.1 Å². The summed E-state index contributed by atoms with van der Waals surface area (Å²) in [7, 11) is 3.16. The summed E-state index contributed by atoms with van der Waals surface area (Å²) in [6, 6.07) is 3.60. The van der Waals surface area contributed by atoms with Crippen molar-refractivity contribution >= 4 is 28.6 Å². The Morgan fingerprint density at radius 1 is 1.19 bits per heavy atom. The Morgan fingerprint density at radius 3 is 2.52 bits per heavy atom. The zero-order valence-electron chi connectivity index (χ0n) is 15.4. The van der Waals surface area contributed by atoms with Crippen LogP contribution < -0.4 is 25.4 Å². The number of rotatable bonds is 3. The molecule has 3 N–H and O–H groups in total. The van der Waals surface area contributed by atoms with E-state index in [1.807, 2.05) is 0 Å². The number of nitrogen functional groups attached to an aromatic ring is 1. The predicted molar refractivity (Wildman–Crippen MR) is 100 cm³/mol. The number of benzene rings is 1. The van der Waals surface area contributed by atoms with E-state index in [1.165, 1.54) is 0 Å². The van der Waals surface area contributed by atoms with E-state index >= 15 is 0 Å². The molecule has 2 fully saturated rings. The van der Waals surface area contributed by atoms with Gasteiger partial charge < -0.3 is 30.2 Å². The second kappa shape index (κ2) is 6.73. The summed E-state index contributed by atoms with van der Waals surface area (Å²) >= 11 is 0. The van der Waals surface area contributed by atoms with Gasteiger partial charge in [0.05, 0.1) is 25.3 Å². The molecule has 9 heteroatoms. The highest BCUT2D eigenvalue weighted by Crippen LogP contribution is 2.35. The van der Waals surface area contributed by atoms with Gasteiger partial charge in [0, 0.05) is 31.1 Å². The maximum Gasteiger partial charge on any atom is 0.246 e. The van der Waals surface area contributed by atoms with Crippen LogP contribution in [0.2, 0.25) is 0 Å². The second-order valence-corrected chi connectivity index (χ2v) is 6.87. The third kappa shape index (κ3) is 3.18.